The summed E-state index contributed by atoms with van der Waals surface area (Å²) in [6.07, 6.45) is 0.756. The van der Waals surface area contributed by atoms with Crippen LogP contribution in [0.1, 0.15) is 15.9 Å². The van der Waals surface area contributed by atoms with E-state index in [-0.39, 0.29) is 18.4 Å². The van der Waals surface area contributed by atoms with Crippen molar-refractivity contribution in [3.63, 3.8) is 0 Å². The fourth-order valence-corrected chi connectivity index (χ4v) is 2.08. The third-order valence-electron chi connectivity index (χ3n) is 3.21. The van der Waals surface area contributed by atoms with Crippen LogP contribution in [-0.4, -0.2) is 24.2 Å². The molecule has 0 aliphatic rings. The van der Waals surface area contributed by atoms with Crippen LogP contribution >= 0.6 is 0 Å². The SMILES string of the molecule is O=C(NC[C@@H](CO)Cc1ccccc1)c1ccccc1. The van der Waals surface area contributed by atoms with Crippen LogP contribution in [0.5, 0.6) is 0 Å². The highest BCUT2D eigenvalue weighted by Gasteiger charge is 2.11. The molecule has 2 N–H and O–H groups in total. The maximum atomic E-state index is 11.9. The number of rotatable bonds is 6. The van der Waals surface area contributed by atoms with E-state index >= 15 is 0 Å². The summed E-state index contributed by atoms with van der Waals surface area (Å²) in [7, 11) is 0. The molecule has 0 bridgehead atoms. The van der Waals surface area contributed by atoms with Crippen molar-refractivity contribution in [3.05, 3.63) is 71.8 Å². The van der Waals surface area contributed by atoms with Crippen molar-refractivity contribution in [1.82, 2.24) is 5.32 Å². The zero-order valence-corrected chi connectivity index (χ0v) is 11.3. The van der Waals surface area contributed by atoms with Crippen LogP contribution < -0.4 is 5.32 Å². The minimum atomic E-state index is -0.0999. The van der Waals surface area contributed by atoms with Gasteiger partial charge in [-0.25, -0.2) is 0 Å². The third kappa shape index (κ3) is 4.21. The van der Waals surface area contributed by atoms with Crippen molar-refractivity contribution >= 4 is 5.91 Å². The van der Waals surface area contributed by atoms with Crippen molar-refractivity contribution in [1.29, 1.82) is 0 Å². The van der Waals surface area contributed by atoms with E-state index in [2.05, 4.69) is 5.32 Å². The van der Waals surface area contributed by atoms with Crippen LogP contribution in [0.25, 0.3) is 0 Å². The van der Waals surface area contributed by atoms with Gasteiger partial charge in [-0.2, -0.15) is 0 Å². The molecule has 1 atom stereocenters. The van der Waals surface area contributed by atoms with Gasteiger partial charge >= 0.3 is 0 Å². The average Bonchev–Trinajstić information content (AvgIpc) is 2.53. The molecule has 0 saturated carbocycles. The Hall–Kier alpha value is -2.13. The van der Waals surface area contributed by atoms with Crippen molar-refractivity contribution in [3.8, 4) is 0 Å². The summed E-state index contributed by atoms with van der Waals surface area (Å²) in [4.78, 5) is 11.9. The Kier molecular flexibility index (Phi) is 5.33. The highest BCUT2D eigenvalue weighted by molar-refractivity contribution is 5.94. The van der Waals surface area contributed by atoms with E-state index in [0.29, 0.717) is 12.1 Å². The Balaban J connectivity index is 1.86. The summed E-state index contributed by atoms with van der Waals surface area (Å²) >= 11 is 0. The quantitative estimate of drug-likeness (QED) is 0.845. The predicted octanol–water partition coefficient (Wildman–Crippen LogP) is 2.27. The molecule has 0 fully saturated rings. The molecule has 3 heteroatoms. The molecule has 3 nitrogen and oxygen atoms in total. The number of aliphatic hydroxyl groups excluding tert-OH is 1. The number of carbonyl (C=O) groups excluding carboxylic acids is 1. The van der Waals surface area contributed by atoms with Gasteiger partial charge in [0, 0.05) is 24.6 Å². The number of carbonyl (C=O) groups is 1. The Bertz CT molecular complexity index is 525. The van der Waals surface area contributed by atoms with E-state index in [0.717, 1.165) is 6.42 Å². The number of nitrogens with one attached hydrogen (secondary N) is 1. The molecule has 2 rings (SSSR count). The summed E-state index contributed by atoms with van der Waals surface area (Å²) in [5.41, 5.74) is 1.81. The van der Waals surface area contributed by atoms with E-state index in [1.165, 1.54) is 5.56 Å². The van der Waals surface area contributed by atoms with Crippen LogP contribution in [0, 0.1) is 5.92 Å². The smallest absolute Gasteiger partial charge is 0.251 e. The molecule has 104 valence electrons. The van der Waals surface area contributed by atoms with Gasteiger partial charge in [-0.3, -0.25) is 4.79 Å². The molecule has 0 heterocycles. The summed E-state index contributed by atoms with van der Waals surface area (Å²) < 4.78 is 0. The lowest BCUT2D eigenvalue weighted by atomic mass is 10.00. The van der Waals surface area contributed by atoms with Crippen LogP contribution in [0.3, 0.4) is 0 Å². The minimum absolute atomic E-state index is 0.0325. The number of amides is 1. The van der Waals surface area contributed by atoms with Crippen molar-refractivity contribution in [2.75, 3.05) is 13.2 Å². The molecule has 0 radical (unpaired) electrons. The molecule has 0 aromatic heterocycles. The molecule has 0 spiro atoms. The largest absolute Gasteiger partial charge is 0.396 e. The first-order chi connectivity index (χ1) is 9.79. The van der Waals surface area contributed by atoms with Crippen molar-refractivity contribution in [2.45, 2.75) is 6.42 Å². The van der Waals surface area contributed by atoms with Gasteiger partial charge in [-0.15, -0.1) is 0 Å². The molecule has 0 aliphatic heterocycles. The highest BCUT2D eigenvalue weighted by atomic mass is 16.3. The van der Waals surface area contributed by atoms with Gasteiger partial charge in [0.25, 0.3) is 5.91 Å². The van der Waals surface area contributed by atoms with Crippen LogP contribution in [-0.2, 0) is 6.42 Å². The first-order valence-electron chi connectivity index (χ1n) is 6.77. The van der Waals surface area contributed by atoms with E-state index in [1.807, 2.05) is 48.5 Å². The van der Waals surface area contributed by atoms with E-state index in [1.54, 1.807) is 12.1 Å². The Labute approximate surface area is 119 Å². The zero-order valence-electron chi connectivity index (χ0n) is 11.3. The normalized spacial score (nSPS) is 11.8. The first-order valence-corrected chi connectivity index (χ1v) is 6.77. The first kappa shape index (κ1) is 14.3. The van der Waals surface area contributed by atoms with Gasteiger partial charge in [0.2, 0.25) is 0 Å². The van der Waals surface area contributed by atoms with Crippen molar-refractivity contribution < 1.29 is 9.90 Å². The van der Waals surface area contributed by atoms with Gasteiger partial charge in [0.15, 0.2) is 0 Å². The lowest BCUT2D eigenvalue weighted by Gasteiger charge is -2.15. The maximum absolute atomic E-state index is 11.9. The molecule has 1 amide bonds. The lowest BCUT2D eigenvalue weighted by molar-refractivity contribution is 0.0940. The van der Waals surface area contributed by atoms with E-state index in [4.69, 9.17) is 0 Å². The molecule has 0 aliphatic carbocycles. The zero-order chi connectivity index (χ0) is 14.2. The fraction of sp³-hybridized carbons (Fsp3) is 0.235. The van der Waals surface area contributed by atoms with Crippen LogP contribution in [0.2, 0.25) is 0 Å². The van der Waals surface area contributed by atoms with Gasteiger partial charge < -0.3 is 10.4 Å². The number of benzene rings is 2. The highest BCUT2D eigenvalue weighted by Crippen LogP contribution is 2.08. The van der Waals surface area contributed by atoms with Crippen LogP contribution in [0.4, 0.5) is 0 Å². The minimum Gasteiger partial charge on any atom is -0.396 e. The second-order valence-electron chi connectivity index (χ2n) is 4.81. The van der Waals surface area contributed by atoms with Gasteiger partial charge in [0.05, 0.1) is 0 Å². The second-order valence-corrected chi connectivity index (χ2v) is 4.81. The number of hydrogen-bond acceptors (Lipinski definition) is 2. The Morgan fingerprint density at radius 1 is 1.00 bits per heavy atom. The monoisotopic (exact) mass is 269 g/mol. The predicted molar refractivity (Wildman–Crippen MR) is 79.5 cm³/mol. The van der Waals surface area contributed by atoms with E-state index in [9.17, 15) is 9.90 Å². The number of hydrogen-bond donors (Lipinski definition) is 2. The summed E-state index contributed by atoms with van der Waals surface area (Å²) in [5, 5.41) is 12.3. The average molecular weight is 269 g/mol. The van der Waals surface area contributed by atoms with E-state index < -0.39 is 0 Å². The molecular weight excluding hydrogens is 250 g/mol. The fourth-order valence-electron chi connectivity index (χ4n) is 2.08. The lowest BCUT2D eigenvalue weighted by Crippen LogP contribution is -2.31. The van der Waals surface area contributed by atoms with Gasteiger partial charge in [0.1, 0.15) is 0 Å². The van der Waals surface area contributed by atoms with Gasteiger partial charge in [-0.1, -0.05) is 48.5 Å². The van der Waals surface area contributed by atoms with Crippen molar-refractivity contribution in [2.24, 2.45) is 5.92 Å². The topological polar surface area (TPSA) is 49.3 Å². The molecule has 0 unspecified atom stereocenters. The maximum Gasteiger partial charge on any atom is 0.251 e. The second kappa shape index (κ2) is 7.46. The molecular formula is C17H19NO2. The molecule has 0 saturated heterocycles. The summed E-state index contributed by atoms with van der Waals surface area (Å²) in [6.45, 7) is 0.531. The molecule has 20 heavy (non-hydrogen) atoms. The molecule has 2 aromatic rings. The Morgan fingerprint density at radius 2 is 1.60 bits per heavy atom. The third-order valence-corrected chi connectivity index (χ3v) is 3.21. The summed E-state index contributed by atoms with van der Waals surface area (Å²) in [5.74, 6) is -0.0674. The molecule has 2 aromatic carbocycles. The van der Waals surface area contributed by atoms with Gasteiger partial charge in [-0.05, 0) is 24.1 Å². The Morgan fingerprint density at radius 3 is 2.20 bits per heavy atom. The number of aliphatic hydroxyl groups is 1. The summed E-state index contributed by atoms with van der Waals surface area (Å²) in [6, 6.07) is 19.1. The van der Waals surface area contributed by atoms with Crippen LogP contribution in [0.15, 0.2) is 60.7 Å². The standard InChI is InChI=1S/C17H19NO2/c19-13-15(11-14-7-3-1-4-8-14)12-18-17(20)16-9-5-2-6-10-16/h1-10,15,19H,11-13H2,(H,18,20)/t15-/m0/s1.